The molecule has 6 heteroatoms. The lowest BCUT2D eigenvalue weighted by molar-refractivity contribution is 0.111. The first-order chi connectivity index (χ1) is 12.1. The van der Waals surface area contributed by atoms with Crippen LogP contribution in [-0.2, 0) is 6.54 Å². The van der Waals surface area contributed by atoms with Crippen molar-refractivity contribution in [3.8, 4) is 0 Å². The Kier molecular flexibility index (Phi) is 4.50. The summed E-state index contributed by atoms with van der Waals surface area (Å²) < 4.78 is 0. The molecule has 1 saturated carbocycles. The van der Waals surface area contributed by atoms with Crippen LogP contribution < -0.4 is 0 Å². The Balaban J connectivity index is 1.57. The molecule has 0 amide bonds. The minimum atomic E-state index is -0.478. The van der Waals surface area contributed by atoms with E-state index in [2.05, 4.69) is 22.0 Å². The maximum absolute atomic E-state index is 10.8. The van der Waals surface area contributed by atoms with Crippen molar-refractivity contribution in [2.24, 2.45) is 11.3 Å². The van der Waals surface area contributed by atoms with Gasteiger partial charge in [-0.15, -0.1) is 0 Å². The molecule has 1 aliphatic carbocycles. The number of nitrogens with zero attached hydrogens (tertiary/aromatic N) is 2. The Hall–Kier alpha value is -1.17. The third-order valence-corrected chi connectivity index (χ3v) is 6.45. The highest BCUT2D eigenvalue weighted by molar-refractivity contribution is 6.35. The summed E-state index contributed by atoms with van der Waals surface area (Å²) in [5.74, 6) is 0.264. The number of aromatic nitrogens is 1. The van der Waals surface area contributed by atoms with E-state index in [0.29, 0.717) is 29.7 Å². The van der Waals surface area contributed by atoms with E-state index in [4.69, 9.17) is 23.2 Å². The van der Waals surface area contributed by atoms with Gasteiger partial charge >= 0.3 is 0 Å². The van der Waals surface area contributed by atoms with E-state index in [9.17, 15) is 10.2 Å². The van der Waals surface area contributed by atoms with E-state index in [1.807, 2.05) is 18.2 Å². The van der Waals surface area contributed by atoms with Crippen molar-refractivity contribution in [2.75, 3.05) is 19.7 Å². The molecular formula is C19H20Cl2N2O2. The molecule has 132 valence electrons. The lowest BCUT2D eigenvalue weighted by atomic mass is 9.95. The molecule has 2 fully saturated rings. The zero-order chi connectivity index (χ0) is 17.6. The average Bonchev–Trinajstić information content (AvgIpc) is 3.15. The van der Waals surface area contributed by atoms with Crippen LogP contribution in [0, 0.1) is 11.3 Å². The predicted molar refractivity (Wildman–Crippen MR) is 97.7 cm³/mol. The second kappa shape index (κ2) is 6.53. The van der Waals surface area contributed by atoms with Crippen LogP contribution in [0.3, 0.4) is 0 Å². The van der Waals surface area contributed by atoms with Gasteiger partial charge in [0.25, 0.3) is 0 Å². The van der Waals surface area contributed by atoms with Gasteiger partial charge < -0.3 is 10.2 Å². The molecule has 0 radical (unpaired) electrons. The molecule has 25 heavy (non-hydrogen) atoms. The van der Waals surface area contributed by atoms with Crippen molar-refractivity contribution in [1.82, 2.24) is 9.88 Å². The van der Waals surface area contributed by atoms with Gasteiger partial charge in [0, 0.05) is 49.6 Å². The average molecular weight is 379 g/mol. The number of hydrogen-bond acceptors (Lipinski definition) is 4. The first-order valence-electron chi connectivity index (χ1n) is 8.42. The number of β-amino-alcohol motifs (C(OH)–C–C–N with tert-alkyl or cyclic N) is 1. The predicted octanol–water partition coefficient (Wildman–Crippen LogP) is 2.96. The van der Waals surface area contributed by atoms with Crippen LogP contribution in [0.5, 0.6) is 0 Å². The number of benzene rings is 1. The van der Waals surface area contributed by atoms with E-state index in [-0.39, 0.29) is 23.9 Å². The second-order valence-electron chi connectivity index (χ2n) is 7.06. The zero-order valence-corrected chi connectivity index (χ0v) is 15.2. The Morgan fingerprint density at radius 3 is 2.48 bits per heavy atom. The lowest BCUT2D eigenvalue weighted by Crippen LogP contribution is -2.23. The van der Waals surface area contributed by atoms with Gasteiger partial charge in [-0.25, -0.2) is 0 Å². The fraction of sp³-hybridized carbons (Fsp3) is 0.421. The summed E-state index contributed by atoms with van der Waals surface area (Å²) in [6.07, 6.45) is 2.70. The number of pyridine rings is 1. The third kappa shape index (κ3) is 2.77. The molecule has 2 N–H and O–H groups in total. The zero-order valence-electron chi connectivity index (χ0n) is 13.6. The Morgan fingerprint density at radius 2 is 1.84 bits per heavy atom. The van der Waals surface area contributed by atoms with Gasteiger partial charge in [-0.05, 0) is 17.4 Å². The van der Waals surface area contributed by atoms with Crippen molar-refractivity contribution in [3.05, 3.63) is 63.9 Å². The number of aliphatic hydroxyl groups excluding tert-OH is 2. The van der Waals surface area contributed by atoms with E-state index in [1.165, 1.54) is 5.56 Å². The van der Waals surface area contributed by atoms with E-state index in [1.54, 1.807) is 12.4 Å². The molecule has 2 heterocycles. The lowest BCUT2D eigenvalue weighted by Gasteiger charge is -2.18. The van der Waals surface area contributed by atoms with Gasteiger partial charge in [0.1, 0.15) is 0 Å². The highest BCUT2D eigenvalue weighted by Gasteiger charge is 2.70. The molecule has 1 aromatic heterocycles. The molecule has 2 aromatic rings. The summed E-state index contributed by atoms with van der Waals surface area (Å²) in [5.41, 5.74) is 1.73. The summed E-state index contributed by atoms with van der Waals surface area (Å²) >= 11 is 12.5. The van der Waals surface area contributed by atoms with Crippen LogP contribution in [-0.4, -0.2) is 45.9 Å². The first kappa shape index (κ1) is 17.3. The van der Waals surface area contributed by atoms with Gasteiger partial charge in [0.15, 0.2) is 0 Å². The van der Waals surface area contributed by atoms with Crippen molar-refractivity contribution in [3.63, 3.8) is 0 Å². The fourth-order valence-electron chi connectivity index (χ4n) is 4.59. The molecule has 4 nitrogen and oxygen atoms in total. The Labute approximate surface area is 157 Å². The summed E-state index contributed by atoms with van der Waals surface area (Å²) in [5, 5.41) is 21.8. The quantitative estimate of drug-likeness (QED) is 0.858. The molecule has 1 aliphatic heterocycles. The summed E-state index contributed by atoms with van der Waals surface area (Å²) in [6.45, 7) is 1.92. The summed E-state index contributed by atoms with van der Waals surface area (Å²) in [4.78, 5) is 6.16. The second-order valence-corrected chi connectivity index (χ2v) is 7.87. The number of likely N-dealkylation sites (tertiary alicyclic amines) is 1. The van der Waals surface area contributed by atoms with Crippen molar-refractivity contribution < 1.29 is 10.2 Å². The summed E-state index contributed by atoms with van der Waals surface area (Å²) in [7, 11) is 0. The number of aliphatic hydroxyl groups is 2. The molecule has 0 unspecified atom stereocenters. The molecule has 1 saturated heterocycles. The highest BCUT2D eigenvalue weighted by Crippen LogP contribution is 2.68. The van der Waals surface area contributed by atoms with Gasteiger partial charge in [0.05, 0.1) is 16.1 Å². The van der Waals surface area contributed by atoms with Crippen LogP contribution in [0.1, 0.15) is 17.0 Å². The highest BCUT2D eigenvalue weighted by atomic mass is 35.5. The molecule has 0 bridgehead atoms. The molecule has 4 atom stereocenters. The third-order valence-electron chi connectivity index (χ3n) is 5.80. The molecule has 1 aromatic carbocycles. The maximum atomic E-state index is 10.8. The topological polar surface area (TPSA) is 56.6 Å². The van der Waals surface area contributed by atoms with Crippen molar-refractivity contribution >= 4 is 23.2 Å². The van der Waals surface area contributed by atoms with Crippen LogP contribution in [0.2, 0.25) is 10.0 Å². The van der Waals surface area contributed by atoms with Gasteiger partial charge in [0.2, 0.25) is 0 Å². The first-order valence-corrected chi connectivity index (χ1v) is 9.17. The summed E-state index contributed by atoms with van der Waals surface area (Å²) in [6, 6.07) is 10.1. The van der Waals surface area contributed by atoms with Gasteiger partial charge in [-0.1, -0.05) is 53.5 Å². The van der Waals surface area contributed by atoms with Crippen LogP contribution in [0.4, 0.5) is 0 Å². The van der Waals surface area contributed by atoms with Gasteiger partial charge in [-0.3, -0.25) is 9.88 Å². The fourth-order valence-corrected chi connectivity index (χ4v) is 5.08. The number of rotatable bonds is 4. The standard InChI is InChI=1S/C19H20Cl2N2O2/c20-15-6-22-7-16(21)13(15)8-23-9-17(25)19(11-23)14(10-24)18(19)12-4-2-1-3-5-12/h1-7,14,17-18,24-25H,8-11H2/t14-,17-,18-,19-/m1/s1. The molecule has 2 aliphatic rings. The molecule has 4 rings (SSSR count). The van der Waals surface area contributed by atoms with E-state index < -0.39 is 6.10 Å². The Bertz CT molecular complexity index is 753. The van der Waals surface area contributed by atoms with Crippen LogP contribution in [0.25, 0.3) is 0 Å². The Morgan fingerprint density at radius 1 is 1.16 bits per heavy atom. The number of hydrogen-bond donors (Lipinski definition) is 2. The van der Waals surface area contributed by atoms with E-state index in [0.717, 1.165) is 5.56 Å². The number of halogens is 2. The minimum absolute atomic E-state index is 0.0817. The monoisotopic (exact) mass is 378 g/mol. The van der Waals surface area contributed by atoms with Crippen molar-refractivity contribution in [1.29, 1.82) is 0 Å². The molecule has 1 spiro atoms. The van der Waals surface area contributed by atoms with Crippen LogP contribution in [0.15, 0.2) is 42.7 Å². The van der Waals surface area contributed by atoms with Gasteiger partial charge in [-0.2, -0.15) is 0 Å². The maximum Gasteiger partial charge on any atom is 0.0745 e. The SMILES string of the molecule is OC[C@@H]1[C@@H](c2ccccc2)[C@]12CN(Cc1c(Cl)cncc1Cl)C[C@H]2O. The largest absolute Gasteiger partial charge is 0.396 e. The van der Waals surface area contributed by atoms with Crippen molar-refractivity contribution in [2.45, 2.75) is 18.6 Å². The molecular weight excluding hydrogens is 359 g/mol. The van der Waals surface area contributed by atoms with E-state index >= 15 is 0 Å². The normalized spacial score (nSPS) is 31.6. The minimum Gasteiger partial charge on any atom is -0.396 e. The van der Waals surface area contributed by atoms with Crippen LogP contribution >= 0.6 is 23.2 Å². The smallest absolute Gasteiger partial charge is 0.0745 e.